The highest BCUT2D eigenvalue weighted by Gasteiger charge is 2.18. The highest BCUT2D eigenvalue weighted by Crippen LogP contribution is 2.18. The van der Waals surface area contributed by atoms with Gasteiger partial charge in [0.1, 0.15) is 5.75 Å². The Hall–Kier alpha value is -0.540. The summed E-state index contributed by atoms with van der Waals surface area (Å²) in [6, 6.07) is 10.1. The van der Waals surface area contributed by atoms with Gasteiger partial charge in [0.25, 0.3) is 0 Å². The van der Waals surface area contributed by atoms with Crippen LogP contribution >= 0.6 is 15.9 Å². The topological polar surface area (TPSA) is 12.5 Å². The van der Waals surface area contributed by atoms with Gasteiger partial charge in [0.2, 0.25) is 0 Å². The molecule has 0 aromatic heterocycles. The average Bonchev–Trinajstić information content (AvgIpc) is 2.45. The lowest BCUT2D eigenvalue weighted by Crippen LogP contribution is -2.37. The van der Waals surface area contributed by atoms with Gasteiger partial charge in [0.05, 0.1) is 6.61 Å². The van der Waals surface area contributed by atoms with Crippen molar-refractivity contribution in [3.63, 3.8) is 0 Å². The molecule has 0 amide bonds. The third kappa shape index (κ3) is 4.62. The fraction of sp³-hybridized carbons (Fsp3) is 0.600. The number of halogens is 1. The molecule has 0 spiro atoms. The summed E-state index contributed by atoms with van der Waals surface area (Å²) < 4.78 is 5.71. The molecule has 18 heavy (non-hydrogen) atoms. The summed E-state index contributed by atoms with van der Waals surface area (Å²) in [5.41, 5.74) is 0. The van der Waals surface area contributed by atoms with Crippen LogP contribution in [0.1, 0.15) is 19.3 Å². The molecule has 1 aromatic rings. The van der Waals surface area contributed by atoms with Gasteiger partial charge in [-0.25, -0.2) is 0 Å². The zero-order valence-electron chi connectivity index (χ0n) is 10.9. The van der Waals surface area contributed by atoms with Crippen LogP contribution in [0, 0.1) is 5.92 Å². The number of nitrogens with zero attached hydrogens (tertiary/aromatic N) is 1. The van der Waals surface area contributed by atoms with Crippen LogP contribution in [0.5, 0.6) is 5.75 Å². The standard InChI is InChI=1S/C15H22BrNO/c16-12-14-6-4-9-17(13-14)10-5-11-18-15-7-2-1-3-8-15/h1-3,7-8,14H,4-6,9-13H2. The molecule has 1 fully saturated rings. The van der Waals surface area contributed by atoms with Crippen LogP contribution in [0.25, 0.3) is 0 Å². The first-order chi connectivity index (χ1) is 8.88. The van der Waals surface area contributed by atoms with E-state index in [9.17, 15) is 0 Å². The Bertz CT molecular complexity index is 331. The van der Waals surface area contributed by atoms with Crippen molar-refractivity contribution in [3.05, 3.63) is 30.3 Å². The normalized spacial score (nSPS) is 20.8. The highest BCUT2D eigenvalue weighted by molar-refractivity contribution is 9.09. The lowest BCUT2D eigenvalue weighted by Gasteiger charge is -2.31. The van der Waals surface area contributed by atoms with Crippen molar-refractivity contribution in [2.75, 3.05) is 31.6 Å². The second-order valence-electron chi connectivity index (χ2n) is 4.98. The SMILES string of the molecule is BrCC1CCCN(CCCOc2ccccc2)C1. The quantitative estimate of drug-likeness (QED) is 0.588. The molecule has 1 aliphatic heterocycles. The summed E-state index contributed by atoms with van der Waals surface area (Å²) in [4.78, 5) is 2.57. The van der Waals surface area contributed by atoms with Gasteiger partial charge in [-0.05, 0) is 43.9 Å². The molecule has 100 valence electrons. The minimum atomic E-state index is 0.819. The highest BCUT2D eigenvalue weighted by atomic mass is 79.9. The Kier molecular flexibility index (Phi) is 6.01. The number of benzene rings is 1. The van der Waals surface area contributed by atoms with E-state index in [2.05, 4.69) is 20.8 Å². The van der Waals surface area contributed by atoms with Gasteiger partial charge in [-0.15, -0.1) is 0 Å². The molecule has 1 heterocycles. The van der Waals surface area contributed by atoms with Crippen molar-refractivity contribution < 1.29 is 4.74 Å². The number of hydrogen-bond acceptors (Lipinski definition) is 2. The maximum Gasteiger partial charge on any atom is 0.119 e. The number of hydrogen-bond donors (Lipinski definition) is 0. The Balaban J connectivity index is 1.60. The van der Waals surface area contributed by atoms with Crippen LogP contribution < -0.4 is 4.74 Å². The molecule has 1 unspecified atom stereocenters. The molecule has 0 aliphatic carbocycles. The maximum absolute atomic E-state index is 5.71. The van der Waals surface area contributed by atoms with E-state index in [1.165, 1.54) is 25.9 Å². The number of para-hydroxylation sites is 1. The molecule has 0 N–H and O–H groups in total. The minimum Gasteiger partial charge on any atom is -0.494 e. The van der Waals surface area contributed by atoms with Crippen LogP contribution in [0.3, 0.4) is 0 Å². The van der Waals surface area contributed by atoms with E-state index in [0.717, 1.165) is 36.6 Å². The summed E-state index contributed by atoms with van der Waals surface area (Å²) in [5, 5.41) is 1.14. The summed E-state index contributed by atoms with van der Waals surface area (Å²) in [7, 11) is 0. The van der Waals surface area contributed by atoms with Crippen LogP contribution in [0.4, 0.5) is 0 Å². The molecular formula is C15H22BrNO. The van der Waals surface area contributed by atoms with E-state index in [1.807, 2.05) is 30.3 Å². The summed E-state index contributed by atoms with van der Waals surface area (Å²) in [6.07, 6.45) is 3.84. The van der Waals surface area contributed by atoms with Crippen molar-refractivity contribution in [1.82, 2.24) is 4.90 Å². The van der Waals surface area contributed by atoms with Crippen LogP contribution in [0.15, 0.2) is 30.3 Å². The third-order valence-electron chi connectivity index (χ3n) is 3.45. The van der Waals surface area contributed by atoms with Gasteiger partial charge in [0.15, 0.2) is 0 Å². The summed E-state index contributed by atoms with van der Waals surface area (Å²) in [5.74, 6) is 1.82. The van der Waals surface area contributed by atoms with Crippen LogP contribution in [-0.2, 0) is 0 Å². The average molecular weight is 312 g/mol. The molecule has 1 aromatic carbocycles. The van der Waals surface area contributed by atoms with Crippen molar-refractivity contribution in [1.29, 1.82) is 0 Å². The van der Waals surface area contributed by atoms with Gasteiger partial charge >= 0.3 is 0 Å². The Morgan fingerprint density at radius 2 is 2.11 bits per heavy atom. The van der Waals surface area contributed by atoms with E-state index in [4.69, 9.17) is 4.74 Å². The Morgan fingerprint density at radius 3 is 2.89 bits per heavy atom. The van der Waals surface area contributed by atoms with Crippen LogP contribution in [-0.4, -0.2) is 36.5 Å². The zero-order chi connectivity index (χ0) is 12.6. The lowest BCUT2D eigenvalue weighted by molar-refractivity contribution is 0.172. The van der Waals surface area contributed by atoms with Gasteiger partial charge in [-0.2, -0.15) is 0 Å². The zero-order valence-corrected chi connectivity index (χ0v) is 12.4. The fourth-order valence-electron chi connectivity index (χ4n) is 2.48. The number of alkyl halides is 1. The van der Waals surface area contributed by atoms with Crippen molar-refractivity contribution >= 4 is 15.9 Å². The van der Waals surface area contributed by atoms with Crippen LogP contribution in [0.2, 0.25) is 0 Å². The van der Waals surface area contributed by atoms with Gasteiger partial charge in [0, 0.05) is 18.4 Å². The molecule has 0 radical (unpaired) electrons. The van der Waals surface area contributed by atoms with E-state index in [1.54, 1.807) is 0 Å². The molecule has 1 aliphatic rings. The van der Waals surface area contributed by atoms with Gasteiger partial charge in [-0.1, -0.05) is 34.1 Å². The molecule has 0 saturated carbocycles. The third-order valence-corrected chi connectivity index (χ3v) is 4.37. The lowest BCUT2D eigenvalue weighted by atomic mass is 10.0. The largest absolute Gasteiger partial charge is 0.494 e. The minimum absolute atomic E-state index is 0.819. The first-order valence-corrected chi connectivity index (χ1v) is 7.97. The molecule has 1 saturated heterocycles. The second kappa shape index (κ2) is 7.80. The van der Waals surface area contributed by atoms with E-state index < -0.39 is 0 Å². The van der Waals surface area contributed by atoms with Gasteiger partial charge in [-0.3, -0.25) is 0 Å². The number of likely N-dealkylation sites (tertiary alicyclic amines) is 1. The van der Waals surface area contributed by atoms with Crippen molar-refractivity contribution in [3.8, 4) is 5.75 Å². The van der Waals surface area contributed by atoms with Crippen molar-refractivity contribution in [2.45, 2.75) is 19.3 Å². The molecule has 2 rings (SSSR count). The summed E-state index contributed by atoms with van der Waals surface area (Å²) >= 11 is 3.60. The van der Waals surface area contributed by atoms with Crippen molar-refractivity contribution in [2.24, 2.45) is 5.92 Å². The van der Waals surface area contributed by atoms with E-state index in [-0.39, 0.29) is 0 Å². The smallest absolute Gasteiger partial charge is 0.119 e. The maximum atomic E-state index is 5.71. The Morgan fingerprint density at radius 1 is 1.28 bits per heavy atom. The summed E-state index contributed by atoms with van der Waals surface area (Å²) in [6.45, 7) is 4.49. The van der Waals surface area contributed by atoms with E-state index in [0.29, 0.717) is 0 Å². The van der Waals surface area contributed by atoms with E-state index >= 15 is 0 Å². The first kappa shape index (κ1) is 13.9. The molecule has 3 heteroatoms. The van der Waals surface area contributed by atoms with Gasteiger partial charge < -0.3 is 9.64 Å². The molecule has 1 atom stereocenters. The molecule has 2 nitrogen and oxygen atoms in total. The molecule has 0 bridgehead atoms. The predicted molar refractivity (Wildman–Crippen MR) is 79.5 cm³/mol. The monoisotopic (exact) mass is 311 g/mol. The number of ether oxygens (including phenoxy) is 1. The number of rotatable bonds is 6. The Labute approximate surface area is 118 Å². The fourth-order valence-corrected chi connectivity index (χ4v) is 3.00. The number of piperidine rings is 1. The molecular weight excluding hydrogens is 290 g/mol. The predicted octanol–water partition coefficient (Wildman–Crippen LogP) is 3.56. The first-order valence-electron chi connectivity index (χ1n) is 6.84. The second-order valence-corrected chi connectivity index (χ2v) is 5.63.